The van der Waals surface area contributed by atoms with Gasteiger partial charge in [-0.1, -0.05) is 13.0 Å². The van der Waals surface area contributed by atoms with Gasteiger partial charge in [-0.15, -0.1) is 0 Å². The Morgan fingerprint density at radius 3 is 2.56 bits per heavy atom. The molecule has 0 bridgehead atoms. The molecule has 1 aliphatic rings. The summed E-state index contributed by atoms with van der Waals surface area (Å²) in [5.41, 5.74) is 2.07. The normalized spacial score (nSPS) is 19.6. The zero-order valence-corrected chi connectivity index (χ0v) is 11.0. The van der Waals surface area contributed by atoms with Crippen LogP contribution in [0.15, 0.2) is 12.1 Å². The van der Waals surface area contributed by atoms with Crippen LogP contribution in [0.2, 0.25) is 0 Å². The van der Waals surface area contributed by atoms with Gasteiger partial charge in [0.25, 0.3) is 0 Å². The van der Waals surface area contributed by atoms with E-state index in [1.165, 1.54) is 7.11 Å². The van der Waals surface area contributed by atoms with E-state index in [1.807, 2.05) is 6.08 Å². The molecule has 0 saturated carbocycles. The Hall–Kier alpha value is -1.38. The van der Waals surface area contributed by atoms with E-state index in [0.29, 0.717) is 11.5 Å². The lowest BCUT2D eigenvalue weighted by atomic mass is 9.86. The Morgan fingerprint density at radius 1 is 1.28 bits per heavy atom. The first kappa shape index (κ1) is 13.1. The first-order valence-corrected chi connectivity index (χ1v) is 6.26. The molecule has 2 rings (SSSR count). The summed E-state index contributed by atoms with van der Waals surface area (Å²) in [6, 6.07) is 1.56. The number of allylic oxidation sites excluding steroid dienone is 2. The lowest BCUT2D eigenvalue weighted by Gasteiger charge is -2.21. The molecule has 0 radical (unpaired) electrons. The minimum absolute atomic E-state index is 0.0291. The van der Waals surface area contributed by atoms with Crippen LogP contribution < -0.4 is 4.74 Å². The fraction of sp³-hybridized carbons (Fsp3) is 0.467. The number of hydrogen-bond acceptors (Lipinski definition) is 1. The van der Waals surface area contributed by atoms with Crippen LogP contribution in [0, 0.1) is 24.5 Å². The van der Waals surface area contributed by atoms with Gasteiger partial charge in [0.1, 0.15) is 0 Å². The Labute approximate surface area is 106 Å². The fourth-order valence-corrected chi connectivity index (χ4v) is 2.46. The predicted octanol–water partition coefficient (Wildman–Crippen LogP) is 4.49. The van der Waals surface area contributed by atoms with Crippen LogP contribution in [0.5, 0.6) is 5.75 Å². The highest BCUT2D eigenvalue weighted by Crippen LogP contribution is 2.36. The molecule has 0 aromatic heterocycles. The van der Waals surface area contributed by atoms with Gasteiger partial charge in [0.15, 0.2) is 11.6 Å². The third kappa shape index (κ3) is 2.26. The second-order valence-electron chi connectivity index (χ2n) is 5.01. The van der Waals surface area contributed by atoms with Crippen molar-refractivity contribution in [2.24, 2.45) is 5.92 Å². The van der Waals surface area contributed by atoms with Crippen molar-refractivity contribution in [3.05, 3.63) is 34.9 Å². The highest BCUT2D eigenvalue weighted by molar-refractivity contribution is 5.70. The second-order valence-corrected chi connectivity index (χ2v) is 5.01. The zero-order chi connectivity index (χ0) is 13.3. The third-order valence-corrected chi connectivity index (χ3v) is 3.58. The molecular formula is C15H18F2O. The lowest BCUT2D eigenvalue weighted by Crippen LogP contribution is -2.06. The van der Waals surface area contributed by atoms with Gasteiger partial charge in [-0.2, -0.15) is 4.39 Å². The van der Waals surface area contributed by atoms with Crippen molar-refractivity contribution in [3.8, 4) is 5.75 Å². The molecule has 1 aliphatic carbocycles. The molecule has 1 aromatic carbocycles. The smallest absolute Gasteiger partial charge is 0.201 e. The largest absolute Gasteiger partial charge is 0.494 e. The molecule has 1 atom stereocenters. The van der Waals surface area contributed by atoms with E-state index < -0.39 is 11.6 Å². The Morgan fingerprint density at radius 2 is 2.00 bits per heavy atom. The highest BCUT2D eigenvalue weighted by Gasteiger charge is 2.21. The molecule has 0 fully saturated rings. The van der Waals surface area contributed by atoms with Crippen molar-refractivity contribution in [1.82, 2.24) is 0 Å². The summed E-state index contributed by atoms with van der Waals surface area (Å²) in [4.78, 5) is 0. The van der Waals surface area contributed by atoms with E-state index in [-0.39, 0.29) is 5.75 Å². The van der Waals surface area contributed by atoms with Gasteiger partial charge in [0.2, 0.25) is 5.82 Å². The molecule has 0 spiro atoms. The standard InChI is InChI=1S/C15H18F2O/c1-9-4-6-11(7-5-9)13-10(2)8-12(18-3)14(16)15(13)17/h6,8-9H,4-5,7H2,1-3H3. The van der Waals surface area contributed by atoms with Gasteiger partial charge in [-0.05, 0) is 49.3 Å². The number of rotatable bonds is 2. The molecule has 0 heterocycles. The summed E-state index contributed by atoms with van der Waals surface area (Å²) in [5, 5.41) is 0. The van der Waals surface area contributed by atoms with Gasteiger partial charge in [0.05, 0.1) is 7.11 Å². The predicted molar refractivity (Wildman–Crippen MR) is 68.6 cm³/mol. The maximum Gasteiger partial charge on any atom is 0.201 e. The first-order chi connectivity index (χ1) is 8.54. The van der Waals surface area contributed by atoms with E-state index >= 15 is 0 Å². The van der Waals surface area contributed by atoms with E-state index in [2.05, 4.69) is 6.92 Å². The van der Waals surface area contributed by atoms with Gasteiger partial charge in [0, 0.05) is 5.56 Å². The molecule has 1 nitrogen and oxygen atoms in total. The second kappa shape index (κ2) is 5.09. The lowest BCUT2D eigenvalue weighted by molar-refractivity contribution is 0.370. The zero-order valence-electron chi connectivity index (χ0n) is 11.0. The minimum atomic E-state index is -0.891. The van der Waals surface area contributed by atoms with Crippen molar-refractivity contribution in [2.75, 3.05) is 7.11 Å². The number of ether oxygens (including phenoxy) is 1. The molecule has 18 heavy (non-hydrogen) atoms. The Balaban J connectivity index is 2.49. The maximum atomic E-state index is 14.1. The number of hydrogen-bond donors (Lipinski definition) is 0. The Bertz CT molecular complexity index is 492. The number of halogens is 2. The molecule has 0 N–H and O–H groups in total. The highest BCUT2D eigenvalue weighted by atomic mass is 19.2. The molecule has 0 amide bonds. The summed E-state index contributed by atoms with van der Waals surface area (Å²) in [7, 11) is 1.35. The summed E-state index contributed by atoms with van der Waals surface area (Å²) in [5.74, 6) is -1.08. The van der Waals surface area contributed by atoms with E-state index in [4.69, 9.17) is 4.74 Å². The Kier molecular flexibility index (Phi) is 3.69. The van der Waals surface area contributed by atoms with Crippen molar-refractivity contribution in [3.63, 3.8) is 0 Å². The van der Waals surface area contributed by atoms with Crippen LogP contribution in [-0.2, 0) is 0 Å². The summed E-state index contributed by atoms with van der Waals surface area (Å²) < 4.78 is 32.7. The SMILES string of the molecule is COc1cc(C)c(C2=CCC(C)CC2)c(F)c1F. The van der Waals surface area contributed by atoms with Crippen molar-refractivity contribution >= 4 is 5.57 Å². The molecule has 1 aromatic rings. The van der Waals surface area contributed by atoms with E-state index in [0.717, 1.165) is 30.4 Å². The van der Waals surface area contributed by atoms with Crippen molar-refractivity contribution in [2.45, 2.75) is 33.1 Å². The average molecular weight is 252 g/mol. The van der Waals surface area contributed by atoms with Crippen LogP contribution in [0.25, 0.3) is 5.57 Å². The van der Waals surface area contributed by atoms with Crippen LogP contribution in [0.3, 0.4) is 0 Å². The van der Waals surface area contributed by atoms with Gasteiger partial charge >= 0.3 is 0 Å². The maximum absolute atomic E-state index is 14.1. The van der Waals surface area contributed by atoms with Crippen LogP contribution in [0.1, 0.15) is 37.3 Å². The van der Waals surface area contributed by atoms with E-state index in [1.54, 1.807) is 13.0 Å². The molecule has 1 unspecified atom stereocenters. The average Bonchev–Trinajstić information content (AvgIpc) is 2.36. The van der Waals surface area contributed by atoms with Crippen molar-refractivity contribution < 1.29 is 13.5 Å². The topological polar surface area (TPSA) is 9.23 Å². The first-order valence-electron chi connectivity index (χ1n) is 6.26. The molecule has 0 saturated heterocycles. The number of methoxy groups -OCH3 is 1. The van der Waals surface area contributed by atoms with E-state index in [9.17, 15) is 8.78 Å². The van der Waals surface area contributed by atoms with Crippen LogP contribution in [0.4, 0.5) is 8.78 Å². The quantitative estimate of drug-likeness (QED) is 0.753. The molecule has 98 valence electrons. The molecule has 0 aliphatic heterocycles. The van der Waals surface area contributed by atoms with Gasteiger partial charge < -0.3 is 4.74 Å². The number of aryl methyl sites for hydroxylation is 1. The van der Waals surface area contributed by atoms with Gasteiger partial charge in [-0.25, -0.2) is 4.39 Å². The van der Waals surface area contributed by atoms with Crippen LogP contribution >= 0.6 is 0 Å². The monoisotopic (exact) mass is 252 g/mol. The molecule has 3 heteroatoms. The summed E-state index contributed by atoms with van der Waals surface area (Å²) in [6.45, 7) is 3.96. The number of benzene rings is 1. The van der Waals surface area contributed by atoms with Crippen molar-refractivity contribution in [1.29, 1.82) is 0 Å². The van der Waals surface area contributed by atoms with Crippen LogP contribution in [-0.4, -0.2) is 7.11 Å². The summed E-state index contributed by atoms with van der Waals surface area (Å²) >= 11 is 0. The third-order valence-electron chi connectivity index (χ3n) is 3.58. The summed E-state index contributed by atoms with van der Waals surface area (Å²) in [6.07, 6.45) is 4.80. The fourth-order valence-electron chi connectivity index (χ4n) is 2.46. The van der Waals surface area contributed by atoms with Gasteiger partial charge in [-0.3, -0.25) is 0 Å². The minimum Gasteiger partial charge on any atom is -0.494 e. The molecular weight excluding hydrogens is 234 g/mol.